The fourth-order valence-electron chi connectivity index (χ4n) is 2.95. The Kier molecular flexibility index (Phi) is 5.17. The lowest BCUT2D eigenvalue weighted by Gasteiger charge is -2.34. The van der Waals surface area contributed by atoms with Gasteiger partial charge in [-0.15, -0.1) is 0 Å². The van der Waals surface area contributed by atoms with Gasteiger partial charge in [0.25, 0.3) is 0 Å². The lowest BCUT2D eigenvalue weighted by Crippen LogP contribution is -2.48. The molecule has 2 atom stereocenters. The van der Waals surface area contributed by atoms with Crippen LogP contribution in [0.1, 0.15) is 38.4 Å². The summed E-state index contributed by atoms with van der Waals surface area (Å²) in [5, 5.41) is 0. The van der Waals surface area contributed by atoms with E-state index in [1.807, 2.05) is 24.3 Å². The highest BCUT2D eigenvalue weighted by molar-refractivity contribution is 5.81. The van der Waals surface area contributed by atoms with Gasteiger partial charge in [0.2, 0.25) is 5.91 Å². The first kappa shape index (κ1) is 15.0. The van der Waals surface area contributed by atoms with Gasteiger partial charge in [-0.25, -0.2) is 4.98 Å². The molecular formula is C15H26N4O. The summed E-state index contributed by atoms with van der Waals surface area (Å²) in [7, 11) is 2.02. The van der Waals surface area contributed by atoms with Crippen molar-refractivity contribution < 1.29 is 4.79 Å². The Morgan fingerprint density at radius 2 is 2.40 bits per heavy atom. The minimum Gasteiger partial charge on any atom is -0.341 e. The number of piperidine rings is 1. The van der Waals surface area contributed by atoms with Gasteiger partial charge >= 0.3 is 0 Å². The molecule has 1 amide bonds. The van der Waals surface area contributed by atoms with Gasteiger partial charge in [-0.05, 0) is 25.2 Å². The number of aromatic nitrogens is 2. The van der Waals surface area contributed by atoms with Crippen LogP contribution in [0.15, 0.2) is 12.4 Å². The SMILES string of the molecule is CCC[C@H](N)C(=O)N1CCC[C@@H](Cc2nccn2C)C1. The van der Waals surface area contributed by atoms with E-state index in [1.54, 1.807) is 0 Å². The quantitative estimate of drug-likeness (QED) is 0.883. The molecule has 0 unspecified atom stereocenters. The van der Waals surface area contributed by atoms with E-state index in [0.29, 0.717) is 5.92 Å². The number of rotatable bonds is 5. The Morgan fingerprint density at radius 1 is 1.60 bits per heavy atom. The van der Waals surface area contributed by atoms with Crippen LogP contribution in [-0.2, 0) is 18.3 Å². The number of aryl methyl sites for hydroxylation is 1. The van der Waals surface area contributed by atoms with Crippen molar-refractivity contribution in [1.82, 2.24) is 14.5 Å². The Bertz CT molecular complexity index is 443. The normalized spacial score (nSPS) is 20.9. The molecule has 0 radical (unpaired) electrons. The average molecular weight is 278 g/mol. The fraction of sp³-hybridized carbons (Fsp3) is 0.733. The van der Waals surface area contributed by atoms with Gasteiger partial charge in [0, 0.05) is 39.0 Å². The van der Waals surface area contributed by atoms with Crippen molar-refractivity contribution in [2.24, 2.45) is 18.7 Å². The molecule has 2 heterocycles. The Balaban J connectivity index is 1.91. The molecule has 0 bridgehead atoms. The van der Waals surface area contributed by atoms with Crippen molar-refractivity contribution in [2.75, 3.05) is 13.1 Å². The van der Waals surface area contributed by atoms with Crippen LogP contribution in [0.4, 0.5) is 0 Å². The van der Waals surface area contributed by atoms with Crippen LogP contribution in [0.3, 0.4) is 0 Å². The fourth-order valence-corrected chi connectivity index (χ4v) is 2.95. The van der Waals surface area contributed by atoms with E-state index < -0.39 is 0 Å². The number of likely N-dealkylation sites (tertiary alicyclic amines) is 1. The van der Waals surface area contributed by atoms with Crippen molar-refractivity contribution in [2.45, 2.75) is 45.1 Å². The van der Waals surface area contributed by atoms with Crippen LogP contribution in [0.2, 0.25) is 0 Å². The third-order valence-corrected chi connectivity index (χ3v) is 4.14. The molecule has 2 rings (SSSR count). The summed E-state index contributed by atoms with van der Waals surface area (Å²) < 4.78 is 2.06. The molecule has 1 fully saturated rings. The Morgan fingerprint density at radius 3 is 3.05 bits per heavy atom. The summed E-state index contributed by atoms with van der Waals surface area (Å²) in [6, 6.07) is -0.327. The molecule has 1 aromatic rings. The molecule has 0 aromatic carbocycles. The molecule has 5 heteroatoms. The molecule has 1 saturated heterocycles. The lowest BCUT2D eigenvalue weighted by atomic mass is 9.93. The second kappa shape index (κ2) is 6.88. The highest BCUT2D eigenvalue weighted by atomic mass is 16.2. The van der Waals surface area contributed by atoms with E-state index in [-0.39, 0.29) is 11.9 Å². The van der Waals surface area contributed by atoms with Crippen molar-refractivity contribution in [3.63, 3.8) is 0 Å². The number of nitrogens with zero attached hydrogens (tertiary/aromatic N) is 3. The number of imidazole rings is 1. The summed E-state index contributed by atoms with van der Waals surface area (Å²) in [5.41, 5.74) is 5.96. The number of hydrogen-bond acceptors (Lipinski definition) is 3. The van der Waals surface area contributed by atoms with Gasteiger partial charge in [0.15, 0.2) is 0 Å². The molecule has 20 heavy (non-hydrogen) atoms. The predicted molar refractivity (Wildman–Crippen MR) is 79.1 cm³/mol. The van der Waals surface area contributed by atoms with E-state index in [0.717, 1.165) is 44.6 Å². The highest BCUT2D eigenvalue weighted by Gasteiger charge is 2.27. The summed E-state index contributed by atoms with van der Waals surface area (Å²) in [5.74, 6) is 1.72. The maximum atomic E-state index is 12.3. The van der Waals surface area contributed by atoms with Crippen molar-refractivity contribution in [3.05, 3.63) is 18.2 Å². The average Bonchev–Trinajstić information content (AvgIpc) is 2.84. The number of carbonyl (C=O) groups excluding carboxylic acids is 1. The van der Waals surface area contributed by atoms with Crippen LogP contribution in [0, 0.1) is 5.92 Å². The maximum Gasteiger partial charge on any atom is 0.239 e. The number of carbonyl (C=O) groups is 1. The molecule has 1 aliphatic rings. The van der Waals surface area contributed by atoms with E-state index in [1.165, 1.54) is 6.42 Å². The third kappa shape index (κ3) is 3.60. The second-order valence-corrected chi connectivity index (χ2v) is 5.85. The van der Waals surface area contributed by atoms with Crippen molar-refractivity contribution in [1.29, 1.82) is 0 Å². The van der Waals surface area contributed by atoms with E-state index >= 15 is 0 Å². The molecule has 2 N–H and O–H groups in total. The smallest absolute Gasteiger partial charge is 0.239 e. The molecule has 5 nitrogen and oxygen atoms in total. The zero-order valence-electron chi connectivity index (χ0n) is 12.6. The maximum absolute atomic E-state index is 12.3. The predicted octanol–water partition coefficient (Wildman–Crippen LogP) is 1.33. The Labute approximate surface area is 121 Å². The molecule has 1 aliphatic heterocycles. The number of nitrogens with two attached hydrogens (primary N) is 1. The zero-order chi connectivity index (χ0) is 14.5. The number of amides is 1. The standard InChI is InChI=1S/C15H26N4O/c1-3-5-13(16)15(20)19-8-4-6-12(11-19)10-14-17-7-9-18(14)2/h7,9,12-13H,3-6,8,10-11,16H2,1-2H3/t12-,13-/m0/s1. The Hall–Kier alpha value is -1.36. The van der Waals surface area contributed by atoms with Crippen LogP contribution < -0.4 is 5.73 Å². The first-order chi connectivity index (χ1) is 9.61. The molecule has 112 valence electrons. The minimum atomic E-state index is -0.327. The van der Waals surface area contributed by atoms with Gasteiger partial charge in [0.05, 0.1) is 6.04 Å². The largest absolute Gasteiger partial charge is 0.341 e. The van der Waals surface area contributed by atoms with E-state index in [9.17, 15) is 4.79 Å². The van der Waals surface area contributed by atoms with E-state index in [4.69, 9.17) is 5.73 Å². The number of hydrogen-bond donors (Lipinski definition) is 1. The second-order valence-electron chi connectivity index (χ2n) is 5.85. The molecule has 1 aromatic heterocycles. The van der Waals surface area contributed by atoms with Crippen molar-refractivity contribution >= 4 is 5.91 Å². The van der Waals surface area contributed by atoms with Gasteiger partial charge in [0.1, 0.15) is 5.82 Å². The first-order valence-electron chi connectivity index (χ1n) is 7.62. The van der Waals surface area contributed by atoms with Gasteiger partial charge in [-0.1, -0.05) is 13.3 Å². The molecule has 0 saturated carbocycles. The monoisotopic (exact) mass is 278 g/mol. The van der Waals surface area contributed by atoms with Gasteiger partial charge in [-0.2, -0.15) is 0 Å². The van der Waals surface area contributed by atoms with E-state index in [2.05, 4.69) is 16.5 Å². The van der Waals surface area contributed by atoms with Gasteiger partial charge < -0.3 is 15.2 Å². The molecule has 0 spiro atoms. The minimum absolute atomic E-state index is 0.122. The topological polar surface area (TPSA) is 64.2 Å². The zero-order valence-corrected chi connectivity index (χ0v) is 12.6. The van der Waals surface area contributed by atoms with Crippen LogP contribution >= 0.6 is 0 Å². The van der Waals surface area contributed by atoms with Crippen LogP contribution in [0.25, 0.3) is 0 Å². The first-order valence-corrected chi connectivity index (χ1v) is 7.62. The molecule has 0 aliphatic carbocycles. The van der Waals surface area contributed by atoms with Gasteiger partial charge in [-0.3, -0.25) is 4.79 Å². The summed E-state index contributed by atoms with van der Waals surface area (Å²) in [6.45, 7) is 3.74. The van der Waals surface area contributed by atoms with Crippen LogP contribution in [0.5, 0.6) is 0 Å². The highest BCUT2D eigenvalue weighted by Crippen LogP contribution is 2.21. The summed E-state index contributed by atoms with van der Waals surface area (Å²) in [6.07, 6.45) is 8.71. The van der Waals surface area contributed by atoms with Crippen LogP contribution in [-0.4, -0.2) is 39.5 Å². The third-order valence-electron chi connectivity index (χ3n) is 4.14. The van der Waals surface area contributed by atoms with Crippen molar-refractivity contribution in [3.8, 4) is 0 Å². The molecular weight excluding hydrogens is 252 g/mol. The summed E-state index contributed by atoms with van der Waals surface area (Å²) >= 11 is 0. The lowest BCUT2D eigenvalue weighted by molar-refractivity contribution is -0.134. The summed E-state index contributed by atoms with van der Waals surface area (Å²) in [4.78, 5) is 18.6.